The SMILES string of the molecule is CC(=O)OC(C)c1nnc(-c2ccc3occ(-c4cccc(OC(F)(F)F)c4)c3c2)o1. The van der Waals surface area contributed by atoms with Crippen LogP contribution in [-0.2, 0) is 9.53 Å². The maximum absolute atomic E-state index is 12.5. The predicted molar refractivity (Wildman–Crippen MR) is 102 cm³/mol. The third kappa shape index (κ3) is 4.52. The number of esters is 1. The Labute approximate surface area is 173 Å². The molecule has 1 atom stereocenters. The number of ether oxygens (including phenoxy) is 2. The number of carbonyl (C=O) groups is 1. The molecular formula is C21H15F3N2O5. The normalized spacial score (nSPS) is 12.7. The Morgan fingerprint density at radius 3 is 2.65 bits per heavy atom. The zero-order valence-corrected chi connectivity index (χ0v) is 16.3. The quantitative estimate of drug-likeness (QED) is 0.375. The molecule has 0 spiro atoms. The van der Waals surface area contributed by atoms with Gasteiger partial charge in [-0.25, -0.2) is 0 Å². The number of carbonyl (C=O) groups excluding carboxylic acids is 1. The lowest BCUT2D eigenvalue weighted by Gasteiger charge is -2.09. The number of aromatic nitrogens is 2. The third-order valence-electron chi connectivity index (χ3n) is 4.33. The Hall–Kier alpha value is -3.82. The fourth-order valence-electron chi connectivity index (χ4n) is 3.06. The molecule has 10 heteroatoms. The molecular weight excluding hydrogens is 417 g/mol. The molecule has 0 aliphatic carbocycles. The predicted octanol–water partition coefficient (Wildman–Crippen LogP) is 5.67. The highest BCUT2D eigenvalue weighted by Gasteiger charge is 2.31. The molecule has 0 saturated carbocycles. The molecule has 0 amide bonds. The fraction of sp³-hybridized carbons (Fsp3) is 0.190. The summed E-state index contributed by atoms with van der Waals surface area (Å²) in [6.45, 7) is 2.88. The molecule has 0 saturated heterocycles. The van der Waals surface area contributed by atoms with E-state index in [1.54, 1.807) is 31.2 Å². The molecule has 160 valence electrons. The van der Waals surface area contributed by atoms with E-state index < -0.39 is 18.4 Å². The molecule has 0 N–H and O–H groups in total. The van der Waals surface area contributed by atoms with Crippen molar-refractivity contribution in [3.63, 3.8) is 0 Å². The van der Waals surface area contributed by atoms with Crippen LogP contribution in [-0.4, -0.2) is 22.5 Å². The summed E-state index contributed by atoms with van der Waals surface area (Å²) in [6.07, 6.45) is -4.05. The minimum atomic E-state index is -4.79. The molecule has 0 radical (unpaired) electrons. The number of alkyl halides is 3. The Balaban J connectivity index is 1.69. The standard InChI is InChI=1S/C21H15F3N2O5/c1-11(29-12(2)27)19-25-26-20(30-19)14-6-7-18-16(9-14)17(10-28-18)13-4-3-5-15(8-13)31-21(22,23)24/h3-11H,1-2H3. The first-order valence-electron chi connectivity index (χ1n) is 9.08. The van der Waals surface area contributed by atoms with Crippen molar-refractivity contribution in [1.82, 2.24) is 10.2 Å². The lowest BCUT2D eigenvalue weighted by molar-refractivity contribution is -0.274. The van der Waals surface area contributed by atoms with Gasteiger partial charge in [-0.3, -0.25) is 4.79 Å². The number of benzene rings is 2. The van der Waals surface area contributed by atoms with Gasteiger partial charge >= 0.3 is 12.3 Å². The van der Waals surface area contributed by atoms with Crippen LogP contribution in [0.15, 0.2) is 57.6 Å². The van der Waals surface area contributed by atoms with Crippen molar-refractivity contribution in [3.8, 4) is 28.3 Å². The third-order valence-corrected chi connectivity index (χ3v) is 4.33. The molecule has 7 nitrogen and oxygen atoms in total. The van der Waals surface area contributed by atoms with Crippen molar-refractivity contribution in [1.29, 1.82) is 0 Å². The van der Waals surface area contributed by atoms with E-state index in [9.17, 15) is 18.0 Å². The summed E-state index contributed by atoms with van der Waals surface area (Å²) in [5, 5.41) is 8.51. The first kappa shape index (κ1) is 20.5. The zero-order valence-electron chi connectivity index (χ0n) is 16.3. The number of furan rings is 1. The molecule has 2 aromatic heterocycles. The van der Waals surface area contributed by atoms with Crippen LogP contribution in [0, 0.1) is 0 Å². The molecule has 2 heterocycles. The highest BCUT2D eigenvalue weighted by molar-refractivity contribution is 5.96. The van der Waals surface area contributed by atoms with Crippen LogP contribution in [0.3, 0.4) is 0 Å². The largest absolute Gasteiger partial charge is 0.573 e. The van der Waals surface area contributed by atoms with E-state index in [0.717, 1.165) is 0 Å². The Kier molecular flexibility index (Phi) is 5.14. The fourth-order valence-corrected chi connectivity index (χ4v) is 3.06. The van der Waals surface area contributed by atoms with Crippen molar-refractivity contribution in [2.24, 2.45) is 0 Å². The molecule has 0 bridgehead atoms. The molecule has 1 unspecified atom stereocenters. The molecule has 4 rings (SSSR count). The number of hydrogen-bond donors (Lipinski definition) is 0. The molecule has 4 aromatic rings. The number of fused-ring (bicyclic) bond motifs is 1. The molecule has 0 fully saturated rings. The van der Waals surface area contributed by atoms with Gasteiger partial charge in [-0.05, 0) is 42.8 Å². The second kappa shape index (κ2) is 7.78. The average molecular weight is 432 g/mol. The van der Waals surface area contributed by atoms with E-state index in [1.165, 1.54) is 31.4 Å². The smallest absolute Gasteiger partial charge is 0.464 e. The van der Waals surface area contributed by atoms with Crippen LogP contribution in [0.25, 0.3) is 33.6 Å². The molecule has 0 aliphatic heterocycles. The van der Waals surface area contributed by atoms with Gasteiger partial charge in [-0.15, -0.1) is 23.4 Å². The van der Waals surface area contributed by atoms with Gasteiger partial charge in [0.2, 0.25) is 5.89 Å². The summed E-state index contributed by atoms with van der Waals surface area (Å²) in [5.74, 6) is -0.489. The summed E-state index contributed by atoms with van der Waals surface area (Å²) in [6, 6.07) is 10.7. The Morgan fingerprint density at radius 2 is 1.90 bits per heavy atom. The highest BCUT2D eigenvalue weighted by atomic mass is 19.4. The van der Waals surface area contributed by atoms with E-state index in [4.69, 9.17) is 13.6 Å². The maximum atomic E-state index is 12.5. The van der Waals surface area contributed by atoms with E-state index in [-0.39, 0.29) is 17.5 Å². The number of halogens is 3. The minimum absolute atomic E-state index is 0.134. The van der Waals surface area contributed by atoms with Crippen LogP contribution < -0.4 is 4.74 Å². The average Bonchev–Trinajstić information content (AvgIpc) is 3.33. The Bertz CT molecular complexity index is 1250. The molecule has 2 aromatic carbocycles. The molecule has 31 heavy (non-hydrogen) atoms. The zero-order chi connectivity index (χ0) is 22.2. The van der Waals surface area contributed by atoms with Gasteiger partial charge in [-0.1, -0.05) is 12.1 Å². The second-order valence-electron chi connectivity index (χ2n) is 6.63. The second-order valence-corrected chi connectivity index (χ2v) is 6.63. The summed E-state index contributed by atoms with van der Waals surface area (Å²) >= 11 is 0. The van der Waals surface area contributed by atoms with Gasteiger partial charge in [-0.2, -0.15) is 0 Å². The van der Waals surface area contributed by atoms with Gasteiger partial charge < -0.3 is 18.3 Å². The van der Waals surface area contributed by atoms with Crippen LogP contribution in [0.4, 0.5) is 13.2 Å². The van der Waals surface area contributed by atoms with E-state index in [1.807, 2.05) is 0 Å². The van der Waals surface area contributed by atoms with E-state index in [0.29, 0.717) is 27.7 Å². The van der Waals surface area contributed by atoms with Crippen molar-refractivity contribution in [3.05, 3.63) is 54.6 Å². The van der Waals surface area contributed by atoms with Crippen LogP contribution in [0.1, 0.15) is 25.8 Å². The highest BCUT2D eigenvalue weighted by Crippen LogP contribution is 2.36. The lowest BCUT2D eigenvalue weighted by atomic mass is 10.0. The van der Waals surface area contributed by atoms with Crippen LogP contribution in [0.2, 0.25) is 0 Å². The first-order valence-corrected chi connectivity index (χ1v) is 9.08. The first-order chi connectivity index (χ1) is 14.7. The van der Waals surface area contributed by atoms with Gasteiger partial charge in [0.15, 0.2) is 6.10 Å². The lowest BCUT2D eigenvalue weighted by Crippen LogP contribution is -2.17. The van der Waals surface area contributed by atoms with Gasteiger partial charge in [0.25, 0.3) is 5.89 Å². The van der Waals surface area contributed by atoms with Crippen molar-refractivity contribution < 1.29 is 36.3 Å². The number of nitrogens with zero attached hydrogens (tertiary/aromatic N) is 2. The summed E-state index contributed by atoms with van der Waals surface area (Å²) in [5.41, 5.74) is 2.13. The van der Waals surface area contributed by atoms with Crippen molar-refractivity contribution in [2.45, 2.75) is 26.3 Å². The Morgan fingerprint density at radius 1 is 1.10 bits per heavy atom. The minimum Gasteiger partial charge on any atom is -0.464 e. The van der Waals surface area contributed by atoms with Crippen LogP contribution in [0.5, 0.6) is 5.75 Å². The number of rotatable bonds is 5. The monoisotopic (exact) mass is 432 g/mol. The maximum Gasteiger partial charge on any atom is 0.573 e. The number of hydrogen-bond acceptors (Lipinski definition) is 7. The van der Waals surface area contributed by atoms with E-state index >= 15 is 0 Å². The summed E-state index contributed by atoms with van der Waals surface area (Å²) in [4.78, 5) is 11.1. The van der Waals surface area contributed by atoms with Gasteiger partial charge in [0, 0.05) is 23.4 Å². The summed E-state index contributed by atoms with van der Waals surface area (Å²) in [7, 11) is 0. The van der Waals surface area contributed by atoms with Crippen molar-refractivity contribution >= 4 is 16.9 Å². The molecule has 0 aliphatic rings. The van der Waals surface area contributed by atoms with E-state index in [2.05, 4.69) is 14.9 Å². The topological polar surface area (TPSA) is 87.6 Å². The van der Waals surface area contributed by atoms with Crippen LogP contribution >= 0.6 is 0 Å². The van der Waals surface area contributed by atoms with Crippen molar-refractivity contribution in [2.75, 3.05) is 0 Å². The van der Waals surface area contributed by atoms with Gasteiger partial charge in [0.1, 0.15) is 11.3 Å². The van der Waals surface area contributed by atoms with Gasteiger partial charge in [0.05, 0.1) is 6.26 Å². The summed E-state index contributed by atoms with van der Waals surface area (Å²) < 4.78 is 57.8.